The van der Waals surface area contributed by atoms with Crippen LogP contribution in [0.15, 0.2) is 48.7 Å². The summed E-state index contributed by atoms with van der Waals surface area (Å²) in [5.74, 6) is 0.696. The lowest BCUT2D eigenvalue weighted by Crippen LogP contribution is -2.23. The van der Waals surface area contributed by atoms with Gasteiger partial charge in [0, 0.05) is 42.6 Å². The zero-order valence-corrected chi connectivity index (χ0v) is 14.5. The van der Waals surface area contributed by atoms with Gasteiger partial charge in [-0.05, 0) is 42.0 Å². The third-order valence-electron chi connectivity index (χ3n) is 4.62. The Kier molecular flexibility index (Phi) is 3.57. The molecule has 0 saturated carbocycles. The first-order valence-corrected chi connectivity index (χ1v) is 8.13. The van der Waals surface area contributed by atoms with E-state index in [1.807, 2.05) is 50.5 Å². The standard InChI is InChI=1S/C20H19N3O2/c1-22(2)19-8-9-21-18-10-14(5-7-16(18)19)23-12-13-4-6-15(25-3)11-17(13)20(23)24/h4-11H,12H2,1-3H3. The third-order valence-corrected chi connectivity index (χ3v) is 4.62. The summed E-state index contributed by atoms with van der Waals surface area (Å²) in [6.45, 7) is 0.567. The van der Waals surface area contributed by atoms with Gasteiger partial charge in [0.05, 0.1) is 19.2 Å². The first kappa shape index (κ1) is 15.4. The van der Waals surface area contributed by atoms with Gasteiger partial charge in [0.25, 0.3) is 5.91 Å². The number of fused-ring (bicyclic) bond motifs is 2. The summed E-state index contributed by atoms with van der Waals surface area (Å²) >= 11 is 0. The van der Waals surface area contributed by atoms with Crippen molar-refractivity contribution >= 4 is 28.2 Å². The molecule has 0 radical (unpaired) electrons. The van der Waals surface area contributed by atoms with Crippen LogP contribution in [0.5, 0.6) is 5.75 Å². The molecule has 25 heavy (non-hydrogen) atoms. The molecule has 0 unspecified atom stereocenters. The Bertz CT molecular complexity index is 982. The first-order chi connectivity index (χ1) is 12.1. The fraction of sp³-hybridized carbons (Fsp3) is 0.200. The highest BCUT2D eigenvalue weighted by atomic mass is 16.5. The number of hydrogen-bond acceptors (Lipinski definition) is 4. The van der Waals surface area contributed by atoms with Crippen molar-refractivity contribution in [3.63, 3.8) is 0 Å². The van der Waals surface area contributed by atoms with E-state index in [1.165, 1.54) is 0 Å². The Labute approximate surface area is 146 Å². The van der Waals surface area contributed by atoms with Gasteiger partial charge in [-0.25, -0.2) is 0 Å². The number of benzene rings is 2. The molecule has 1 amide bonds. The fourth-order valence-electron chi connectivity index (χ4n) is 3.29. The highest BCUT2D eigenvalue weighted by Gasteiger charge is 2.29. The summed E-state index contributed by atoms with van der Waals surface area (Å²) in [7, 11) is 5.63. The van der Waals surface area contributed by atoms with Crippen LogP contribution in [-0.4, -0.2) is 32.1 Å². The number of pyridine rings is 1. The normalized spacial score (nSPS) is 13.2. The van der Waals surface area contributed by atoms with Crippen LogP contribution < -0.4 is 14.5 Å². The Balaban J connectivity index is 1.75. The van der Waals surface area contributed by atoms with Crippen LogP contribution in [0.25, 0.3) is 10.9 Å². The summed E-state index contributed by atoms with van der Waals surface area (Å²) in [5.41, 5.74) is 4.56. The third kappa shape index (κ3) is 2.48. The molecule has 0 fully saturated rings. The van der Waals surface area contributed by atoms with Crippen LogP contribution in [0.3, 0.4) is 0 Å². The summed E-state index contributed by atoms with van der Waals surface area (Å²) in [5, 5.41) is 1.07. The lowest BCUT2D eigenvalue weighted by atomic mass is 10.1. The first-order valence-electron chi connectivity index (χ1n) is 8.13. The van der Waals surface area contributed by atoms with Crippen LogP contribution >= 0.6 is 0 Å². The van der Waals surface area contributed by atoms with Crippen molar-refractivity contribution in [3.8, 4) is 5.75 Å². The van der Waals surface area contributed by atoms with Gasteiger partial charge < -0.3 is 14.5 Å². The summed E-state index contributed by atoms with van der Waals surface area (Å²) in [6.07, 6.45) is 1.80. The average Bonchev–Trinajstić information content (AvgIpc) is 2.96. The van der Waals surface area contributed by atoms with E-state index in [1.54, 1.807) is 24.3 Å². The van der Waals surface area contributed by atoms with Gasteiger partial charge in [-0.3, -0.25) is 9.78 Å². The van der Waals surface area contributed by atoms with Crippen LogP contribution in [0, 0.1) is 0 Å². The number of carbonyl (C=O) groups is 1. The number of aromatic nitrogens is 1. The second-order valence-corrected chi connectivity index (χ2v) is 6.34. The van der Waals surface area contributed by atoms with E-state index in [4.69, 9.17) is 4.74 Å². The predicted octanol–water partition coefficient (Wildman–Crippen LogP) is 3.47. The molecular formula is C20H19N3O2. The maximum atomic E-state index is 12.8. The molecule has 1 aliphatic heterocycles. The molecule has 2 aromatic carbocycles. The SMILES string of the molecule is COc1ccc2c(c1)C(=O)N(c1ccc3c(N(C)C)ccnc3c1)C2. The van der Waals surface area contributed by atoms with E-state index in [0.29, 0.717) is 17.9 Å². The van der Waals surface area contributed by atoms with Gasteiger partial charge in [-0.15, -0.1) is 0 Å². The summed E-state index contributed by atoms with van der Waals surface area (Å²) in [4.78, 5) is 21.1. The molecule has 5 heteroatoms. The van der Waals surface area contributed by atoms with Gasteiger partial charge >= 0.3 is 0 Å². The zero-order chi connectivity index (χ0) is 17.6. The van der Waals surface area contributed by atoms with E-state index in [2.05, 4.69) is 9.88 Å². The molecule has 5 nitrogen and oxygen atoms in total. The van der Waals surface area contributed by atoms with Gasteiger partial charge in [-0.1, -0.05) is 6.07 Å². The van der Waals surface area contributed by atoms with Crippen molar-refractivity contribution in [2.24, 2.45) is 0 Å². The molecule has 0 spiro atoms. The lowest BCUT2D eigenvalue weighted by molar-refractivity contribution is 0.0996. The van der Waals surface area contributed by atoms with Crippen LogP contribution in [0.2, 0.25) is 0 Å². The van der Waals surface area contributed by atoms with Crippen LogP contribution in [0.1, 0.15) is 15.9 Å². The minimum absolute atomic E-state index is 0.00276. The molecule has 0 N–H and O–H groups in total. The molecule has 1 aliphatic rings. The van der Waals surface area contributed by atoms with Crippen molar-refractivity contribution < 1.29 is 9.53 Å². The molecule has 1 aromatic heterocycles. The van der Waals surface area contributed by atoms with E-state index >= 15 is 0 Å². The predicted molar refractivity (Wildman–Crippen MR) is 99.6 cm³/mol. The molecule has 3 aromatic rings. The van der Waals surface area contributed by atoms with E-state index in [-0.39, 0.29) is 5.91 Å². The number of ether oxygens (including phenoxy) is 1. The van der Waals surface area contributed by atoms with E-state index in [9.17, 15) is 4.79 Å². The number of rotatable bonds is 3. The van der Waals surface area contributed by atoms with Crippen molar-refractivity contribution in [3.05, 3.63) is 59.8 Å². The number of carbonyl (C=O) groups excluding carboxylic acids is 1. The van der Waals surface area contributed by atoms with Gasteiger partial charge in [0.1, 0.15) is 5.75 Å². The molecular weight excluding hydrogens is 314 g/mol. The van der Waals surface area contributed by atoms with Crippen molar-refractivity contribution in [2.45, 2.75) is 6.54 Å². The minimum Gasteiger partial charge on any atom is -0.497 e. The zero-order valence-electron chi connectivity index (χ0n) is 14.5. The molecule has 0 bridgehead atoms. The smallest absolute Gasteiger partial charge is 0.259 e. The Morgan fingerprint density at radius 1 is 1.12 bits per heavy atom. The minimum atomic E-state index is -0.00276. The van der Waals surface area contributed by atoms with E-state index in [0.717, 1.165) is 27.8 Å². The quantitative estimate of drug-likeness (QED) is 0.736. The van der Waals surface area contributed by atoms with Crippen LogP contribution in [0.4, 0.5) is 11.4 Å². The second kappa shape index (κ2) is 5.77. The lowest BCUT2D eigenvalue weighted by Gasteiger charge is -2.18. The monoisotopic (exact) mass is 333 g/mol. The maximum Gasteiger partial charge on any atom is 0.259 e. The highest BCUT2D eigenvalue weighted by molar-refractivity contribution is 6.11. The van der Waals surface area contributed by atoms with Gasteiger partial charge in [-0.2, -0.15) is 0 Å². The number of anilines is 2. The number of methoxy groups -OCH3 is 1. The summed E-state index contributed by atoms with van der Waals surface area (Å²) < 4.78 is 5.24. The second-order valence-electron chi connectivity index (χ2n) is 6.34. The molecule has 4 rings (SSSR count). The number of amides is 1. The Morgan fingerprint density at radius 2 is 1.96 bits per heavy atom. The van der Waals surface area contributed by atoms with E-state index < -0.39 is 0 Å². The molecule has 2 heterocycles. The molecule has 126 valence electrons. The van der Waals surface area contributed by atoms with Crippen molar-refractivity contribution in [1.29, 1.82) is 0 Å². The fourth-order valence-corrected chi connectivity index (χ4v) is 3.29. The Hall–Kier alpha value is -3.08. The van der Waals surface area contributed by atoms with Crippen molar-refractivity contribution in [2.75, 3.05) is 31.0 Å². The maximum absolute atomic E-state index is 12.8. The molecule has 0 aliphatic carbocycles. The number of nitrogens with zero attached hydrogens (tertiary/aromatic N) is 3. The molecule has 0 saturated heterocycles. The average molecular weight is 333 g/mol. The largest absolute Gasteiger partial charge is 0.497 e. The van der Waals surface area contributed by atoms with Crippen LogP contribution in [-0.2, 0) is 6.54 Å². The Morgan fingerprint density at radius 3 is 2.72 bits per heavy atom. The van der Waals surface area contributed by atoms with Gasteiger partial charge in [0.2, 0.25) is 0 Å². The highest BCUT2D eigenvalue weighted by Crippen LogP contribution is 2.33. The molecule has 0 atom stereocenters. The van der Waals surface area contributed by atoms with Crippen molar-refractivity contribution in [1.82, 2.24) is 4.98 Å². The van der Waals surface area contributed by atoms with Gasteiger partial charge in [0.15, 0.2) is 0 Å². The summed E-state index contributed by atoms with van der Waals surface area (Å²) in [6, 6.07) is 13.6. The number of hydrogen-bond donors (Lipinski definition) is 0. The topological polar surface area (TPSA) is 45.7 Å².